The Morgan fingerprint density at radius 1 is 1.88 bits per heavy atom. The van der Waals surface area contributed by atoms with Crippen molar-refractivity contribution in [2.75, 3.05) is 0 Å². The van der Waals surface area contributed by atoms with Crippen molar-refractivity contribution in [3.05, 3.63) is 10.1 Å². The first kappa shape index (κ1) is 7.88. The Morgan fingerprint density at radius 2 is 2.25 bits per heavy atom. The molecule has 48 valence electrons. The molecule has 0 aromatic carbocycles. The molecule has 8 heavy (non-hydrogen) atoms. The lowest BCUT2D eigenvalue weighted by Gasteiger charge is -2.08. The van der Waals surface area contributed by atoms with Crippen LogP contribution in [0.5, 0.6) is 0 Å². The Morgan fingerprint density at radius 3 is 2.25 bits per heavy atom. The molecule has 0 saturated heterocycles. The minimum atomic E-state index is -0.924. The first-order valence-electron chi connectivity index (χ1n) is 2.34. The molecule has 1 atom stereocenters. The summed E-state index contributed by atoms with van der Waals surface area (Å²) in [5.74, 6) is 0. The van der Waals surface area contributed by atoms with Gasteiger partial charge in [-0.15, -0.1) is 0 Å². The first-order chi connectivity index (χ1) is 3.50. The van der Waals surface area contributed by atoms with Gasteiger partial charge in [-0.1, -0.05) is 6.92 Å². The average Bonchev–Trinajstić information content (AvgIpc) is 1.67. The van der Waals surface area contributed by atoms with Crippen LogP contribution < -0.4 is 0 Å². The van der Waals surface area contributed by atoms with Gasteiger partial charge in [-0.2, -0.15) is 0 Å². The SMILES string of the molecule is CCC(C)(Br)[N+](=O)[O-]. The van der Waals surface area contributed by atoms with Crippen LogP contribution in [0.25, 0.3) is 0 Å². The van der Waals surface area contributed by atoms with Gasteiger partial charge in [-0.3, -0.25) is 10.1 Å². The Kier molecular flexibility index (Phi) is 2.40. The van der Waals surface area contributed by atoms with Crippen molar-refractivity contribution in [1.82, 2.24) is 0 Å². The van der Waals surface area contributed by atoms with Crippen molar-refractivity contribution in [1.29, 1.82) is 0 Å². The van der Waals surface area contributed by atoms with Gasteiger partial charge in [0.05, 0.1) is 0 Å². The van der Waals surface area contributed by atoms with E-state index in [4.69, 9.17) is 0 Å². The molecule has 0 spiro atoms. The molecule has 0 aliphatic carbocycles. The second-order valence-corrected chi connectivity index (χ2v) is 3.46. The lowest BCUT2D eigenvalue weighted by atomic mass is 10.3. The van der Waals surface area contributed by atoms with E-state index in [9.17, 15) is 10.1 Å². The highest BCUT2D eigenvalue weighted by molar-refractivity contribution is 9.10. The molecule has 0 bridgehead atoms. The average molecular weight is 182 g/mol. The van der Waals surface area contributed by atoms with Crippen LogP contribution in [0.2, 0.25) is 0 Å². The van der Waals surface area contributed by atoms with Crippen molar-refractivity contribution in [2.24, 2.45) is 0 Å². The molecular weight excluding hydrogens is 174 g/mol. The number of alkyl halides is 1. The number of nitro groups is 1. The number of nitrogens with zero attached hydrogens (tertiary/aromatic N) is 1. The van der Waals surface area contributed by atoms with Gasteiger partial charge in [0.15, 0.2) is 0 Å². The van der Waals surface area contributed by atoms with E-state index in [1.807, 2.05) is 0 Å². The summed E-state index contributed by atoms with van der Waals surface area (Å²) in [6, 6.07) is 0. The van der Waals surface area contributed by atoms with Crippen molar-refractivity contribution in [2.45, 2.75) is 24.7 Å². The summed E-state index contributed by atoms with van der Waals surface area (Å²) in [6.07, 6.45) is 0.500. The zero-order chi connectivity index (χ0) is 6.78. The maximum atomic E-state index is 10.0. The minimum Gasteiger partial charge on any atom is -0.263 e. The molecular formula is C4H8BrNO2. The molecule has 0 aliphatic heterocycles. The predicted molar refractivity (Wildman–Crippen MR) is 34.6 cm³/mol. The summed E-state index contributed by atoms with van der Waals surface area (Å²) >= 11 is 2.95. The van der Waals surface area contributed by atoms with Crippen molar-refractivity contribution < 1.29 is 4.92 Å². The molecule has 0 heterocycles. The first-order valence-corrected chi connectivity index (χ1v) is 3.13. The third kappa shape index (κ3) is 1.78. The molecule has 1 unspecified atom stereocenters. The third-order valence-electron chi connectivity index (χ3n) is 1.03. The number of rotatable bonds is 2. The molecule has 4 heteroatoms. The molecule has 3 nitrogen and oxygen atoms in total. The van der Waals surface area contributed by atoms with Gasteiger partial charge in [0, 0.05) is 18.3 Å². The van der Waals surface area contributed by atoms with Gasteiger partial charge in [0.25, 0.3) is 4.45 Å². The monoisotopic (exact) mass is 181 g/mol. The van der Waals surface area contributed by atoms with E-state index in [1.54, 1.807) is 6.92 Å². The second-order valence-electron chi connectivity index (χ2n) is 1.75. The molecule has 0 saturated carbocycles. The molecule has 0 aromatic rings. The highest BCUT2D eigenvalue weighted by Crippen LogP contribution is 2.20. The minimum absolute atomic E-state index is 0.340. The summed E-state index contributed by atoms with van der Waals surface area (Å²) in [7, 11) is 0. The molecule has 0 aromatic heterocycles. The van der Waals surface area contributed by atoms with Crippen molar-refractivity contribution in [3.8, 4) is 0 Å². The van der Waals surface area contributed by atoms with E-state index in [-0.39, 0.29) is 4.92 Å². The Labute approximate surface area is 56.4 Å². The number of hydrogen-bond acceptors (Lipinski definition) is 2. The molecule has 0 aliphatic rings. The Bertz CT molecular complexity index is 102. The topological polar surface area (TPSA) is 43.1 Å². The summed E-state index contributed by atoms with van der Waals surface area (Å²) < 4.78 is -0.924. The molecule has 0 N–H and O–H groups in total. The zero-order valence-corrected chi connectivity index (χ0v) is 6.43. The fourth-order valence-corrected chi connectivity index (χ4v) is 0.129. The van der Waals surface area contributed by atoms with E-state index >= 15 is 0 Å². The number of hydrogen-bond donors (Lipinski definition) is 0. The van der Waals surface area contributed by atoms with Crippen LogP contribution in [-0.2, 0) is 0 Å². The molecule has 0 rings (SSSR count). The van der Waals surface area contributed by atoms with Gasteiger partial charge in [-0.25, -0.2) is 0 Å². The maximum Gasteiger partial charge on any atom is 0.271 e. The van der Waals surface area contributed by atoms with Gasteiger partial charge in [0.1, 0.15) is 0 Å². The van der Waals surface area contributed by atoms with Crippen LogP contribution in [0.1, 0.15) is 20.3 Å². The summed E-state index contributed by atoms with van der Waals surface area (Å²) in [5, 5.41) is 10.0. The van der Waals surface area contributed by atoms with E-state index < -0.39 is 4.45 Å². The largest absolute Gasteiger partial charge is 0.271 e. The fraction of sp³-hybridized carbons (Fsp3) is 1.00. The lowest BCUT2D eigenvalue weighted by molar-refractivity contribution is -0.531. The Balaban J connectivity index is 3.91. The highest BCUT2D eigenvalue weighted by atomic mass is 79.9. The third-order valence-corrected chi connectivity index (χ3v) is 1.88. The van der Waals surface area contributed by atoms with Gasteiger partial charge in [-0.05, 0) is 15.9 Å². The van der Waals surface area contributed by atoms with Gasteiger partial charge >= 0.3 is 0 Å². The van der Waals surface area contributed by atoms with E-state index in [1.165, 1.54) is 6.92 Å². The van der Waals surface area contributed by atoms with Crippen LogP contribution in [0, 0.1) is 10.1 Å². The van der Waals surface area contributed by atoms with Crippen LogP contribution in [0.15, 0.2) is 0 Å². The van der Waals surface area contributed by atoms with Crippen molar-refractivity contribution in [3.63, 3.8) is 0 Å². The van der Waals surface area contributed by atoms with Crippen LogP contribution in [0.4, 0.5) is 0 Å². The Hall–Kier alpha value is -0.120. The summed E-state index contributed by atoms with van der Waals surface area (Å²) in [5.41, 5.74) is 0. The van der Waals surface area contributed by atoms with Crippen molar-refractivity contribution >= 4 is 15.9 Å². The van der Waals surface area contributed by atoms with Gasteiger partial charge in [0.2, 0.25) is 0 Å². The predicted octanol–water partition coefficient (Wildman–Crippen LogP) is 1.78. The van der Waals surface area contributed by atoms with E-state index in [0.717, 1.165) is 0 Å². The van der Waals surface area contributed by atoms with Crippen LogP contribution >= 0.6 is 15.9 Å². The smallest absolute Gasteiger partial charge is 0.263 e. The molecule has 0 radical (unpaired) electrons. The molecule has 0 fully saturated rings. The molecule has 0 amide bonds. The maximum absolute atomic E-state index is 10.0. The van der Waals surface area contributed by atoms with Crippen LogP contribution in [-0.4, -0.2) is 9.37 Å². The lowest BCUT2D eigenvalue weighted by Crippen LogP contribution is -2.25. The summed E-state index contributed by atoms with van der Waals surface area (Å²) in [6.45, 7) is 3.30. The van der Waals surface area contributed by atoms with Gasteiger partial charge < -0.3 is 0 Å². The normalized spacial score (nSPS) is 17.4. The van der Waals surface area contributed by atoms with E-state index in [2.05, 4.69) is 15.9 Å². The quantitative estimate of drug-likeness (QED) is 0.282. The van der Waals surface area contributed by atoms with E-state index in [0.29, 0.717) is 6.42 Å². The second kappa shape index (κ2) is 2.44. The summed E-state index contributed by atoms with van der Waals surface area (Å²) in [4.78, 5) is 9.67. The number of halogens is 1. The zero-order valence-electron chi connectivity index (χ0n) is 4.85. The van der Waals surface area contributed by atoms with Crippen LogP contribution in [0.3, 0.4) is 0 Å². The fourth-order valence-electron chi connectivity index (χ4n) is 0.129. The highest BCUT2D eigenvalue weighted by Gasteiger charge is 2.29. The standard InChI is InChI=1S/C4H8BrNO2/c1-3-4(2,5)6(7)8/h3H2,1-2H3.